The van der Waals surface area contributed by atoms with E-state index in [-0.39, 0.29) is 0 Å². The third-order valence-corrected chi connectivity index (χ3v) is 11.3. The number of benzene rings is 8. The van der Waals surface area contributed by atoms with Gasteiger partial charge in [0.15, 0.2) is 0 Å². The van der Waals surface area contributed by atoms with E-state index in [9.17, 15) is 0 Å². The molecular weight excluding hydrogens is 755 g/mol. The fourth-order valence-corrected chi connectivity index (χ4v) is 8.74. The number of hydrogen-bond acceptors (Lipinski definition) is 10. The molecule has 0 aliphatic carbocycles. The zero-order chi connectivity index (χ0) is 39.9. The summed E-state index contributed by atoms with van der Waals surface area (Å²) in [5.74, 6) is -0.941. The van der Waals surface area contributed by atoms with Crippen LogP contribution in [0.15, 0.2) is 159 Å². The summed E-state index contributed by atoms with van der Waals surface area (Å²) >= 11 is 0. The Bertz CT molecular complexity index is 3270. The summed E-state index contributed by atoms with van der Waals surface area (Å²) in [6.07, 6.45) is 13.0. The Kier molecular flexibility index (Phi) is 7.35. The molecule has 0 spiro atoms. The average molecular weight is 781 g/mol. The van der Waals surface area contributed by atoms with E-state index in [1.54, 1.807) is 43.0 Å². The highest BCUT2D eigenvalue weighted by Crippen LogP contribution is 2.51. The van der Waals surface area contributed by atoms with E-state index in [1.807, 2.05) is 94.7 Å². The van der Waals surface area contributed by atoms with Crippen LogP contribution in [0.3, 0.4) is 0 Å². The molecule has 0 amide bonds. The normalized spacial score (nSPS) is 11.8. The predicted octanol–water partition coefficient (Wildman–Crippen LogP) is 11.6. The first-order chi connectivity index (χ1) is 29.6. The maximum Gasteiger partial charge on any atom is 0.133 e. The van der Waals surface area contributed by atoms with E-state index in [0.717, 1.165) is 21.5 Å². The number of para-hydroxylation sites is 3. The van der Waals surface area contributed by atoms with Crippen molar-refractivity contribution >= 4 is 110 Å². The monoisotopic (exact) mass is 780 g/mol. The second-order valence-electron chi connectivity index (χ2n) is 14.4. The van der Waals surface area contributed by atoms with Crippen molar-refractivity contribution in [1.82, 2.24) is 39.9 Å². The molecule has 4 heterocycles. The van der Waals surface area contributed by atoms with Crippen molar-refractivity contribution in [2.45, 2.75) is 0 Å². The van der Waals surface area contributed by atoms with Gasteiger partial charge in [0.25, 0.3) is 0 Å². The number of fused-ring (bicyclic) bond motifs is 4. The fourth-order valence-electron chi connectivity index (χ4n) is 8.74. The number of aromatic nitrogens is 8. The lowest BCUT2D eigenvalue weighted by atomic mass is 9.91. The van der Waals surface area contributed by atoms with Crippen LogP contribution >= 0.6 is 0 Å². The standard InChI is InChI=1S/C48H26F2N10/c49-35-17-42(59(38-9-4-8-37-34(38)22-54-23-55-37)39-10-1-5-27-19-51-24-56-46(27)39)32-15-13-31-36(50)18-43(33-16-14-30(35)44(32)45(31)33)60(40-11-2-6-28-20-52-25-57-47(28)40)41-12-3-7-29-21-53-26-58-48(29)41/h1-26H. The third-order valence-electron chi connectivity index (χ3n) is 11.3. The molecule has 60 heavy (non-hydrogen) atoms. The van der Waals surface area contributed by atoms with Crippen molar-refractivity contribution < 1.29 is 8.78 Å². The number of hydrogen-bond donors (Lipinski definition) is 0. The molecule has 0 radical (unpaired) electrons. The van der Waals surface area contributed by atoms with Crippen molar-refractivity contribution in [3.63, 3.8) is 0 Å². The summed E-state index contributed by atoms with van der Waals surface area (Å²) in [6.45, 7) is 0. The van der Waals surface area contributed by atoms with Crippen LogP contribution in [0.5, 0.6) is 0 Å². The van der Waals surface area contributed by atoms with Crippen LogP contribution in [0.1, 0.15) is 0 Å². The summed E-state index contributed by atoms with van der Waals surface area (Å²) in [4.78, 5) is 39.8. The van der Waals surface area contributed by atoms with Crippen molar-refractivity contribution in [1.29, 1.82) is 0 Å². The van der Waals surface area contributed by atoms with Gasteiger partial charge in [-0.2, -0.15) is 0 Å². The van der Waals surface area contributed by atoms with Gasteiger partial charge in [0.1, 0.15) is 36.9 Å². The zero-order valence-electron chi connectivity index (χ0n) is 31.2. The van der Waals surface area contributed by atoms with Gasteiger partial charge in [0, 0.05) is 78.6 Å². The van der Waals surface area contributed by atoms with Gasteiger partial charge < -0.3 is 9.80 Å². The Labute approximate surface area is 338 Å². The Morgan fingerprint density at radius 1 is 0.350 bits per heavy atom. The first kappa shape index (κ1) is 33.7. The molecular formula is C48H26F2N10. The third kappa shape index (κ3) is 4.97. The summed E-state index contributed by atoms with van der Waals surface area (Å²) in [5, 5.41) is 6.39. The van der Waals surface area contributed by atoms with Crippen molar-refractivity contribution in [2.75, 3.05) is 9.80 Å². The Morgan fingerprint density at radius 2 is 0.750 bits per heavy atom. The van der Waals surface area contributed by atoms with Crippen molar-refractivity contribution in [3.8, 4) is 0 Å². The summed E-state index contributed by atoms with van der Waals surface area (Å²) in [6, 6.07) is 33.6. The molecule has 0 atom stereocenters. The van der Waals surface area contributed by atoms with Crippen molar-refractivity contribution in [2.24, 2.45) is 0 Å². The van der Waals surface area contributed by atoms with Crippen LogP contribution in [-0.2, 0) is 0 Å². The van der Waals surface area contributed by atoms with Gasteiger partial charge in [0.2, 0.25) is 0 Å². The molecule has 0 N–H and O–H groups in total. The quantitative estimate of drug-likeness (QED) is 0.151. The van der Waals surface area contributed by atoms with E-state index in [4.69, 9.17) is 15.0 Å². The molecule has 0 bridgehead atoms. The lowest BCUT2D eigenvalue weighted by Crippen LogP contribution is -2.14. The summed E-state index contributed by atoms with van der Waals surface area (Å²) < 4.78 is 34.3. The number of nitrogens with zero attached hydrogens (tertiary/aromatic N) is 10. The molecule has 0 saturated heterocycles. The first-order valence-corrected chi connectivity index (χ1v) is 19.1. The van der Waals surface area contributed by atoms with Gasteiger partial charge in [-0.25, -0.2) is 48.7 Å². The highest BCUT2D eigenvalue weighted by molar-refractivity contribution is 6.29. The van der Waals surface area contributed by atoms with E-state index < -0.39 is 11.6 Å². The second kappa shape index (κ2) is 13.1. The maximum atomic E-state index is 17.1. The Hall–Kier alpha value is -8.38. The molecule has 12 rings (SSSR count). The molecule has 12 heteroatoms. The van der Waals surface area contributed by atoms with E-state index in [0.29, 0.717) is 88.5 Å². The molecule has 4 aromatic heterocycles. The van der Waals surface area contributed by atoms with Crippen LogP contribution in [-0.4, -0.2) is 39.9 Å². The molecule has 0 aliphatic heterocycles. The lowest BCUT2D eigenvalue weighted by molar-refractivity contribution is 0.639. The minimum absolute atomic E-state index is 0.354. The van der Waals surface area contributed by atoms with Crippen molar-refractivity contribution in [3.05, 3.63) is 171 Å². The van der Waals surface area contributed by atoms with Crippen LogP contribution in [0.4, 0.5) is 42.9 Å². The molecule has 282 valence electrons. The summed E-state index contributed by atoms with van der Waals surface area (Å²) in [7, 11) is 0. The molecule has 0 saturated carbocycles. The van der Waals surface area contributed by atoms with Gasteiger partial charge in [-0.15, -0.1) is 0 Å². The lowest BCUT2D eigenvalue weighted by Gasteiger charge is -2.30. The van der Waals surface area contributed by atoms with E-state index in [1.165, 1.54) is 31.4 Å². The maximum absolute atomic E-state index is 17.1. The average Bonchev–Trinajstić information content (AvgIpc) is 3.30. The van der Waals surface area contributed by atoms with E-state index >= 15 is 8.78 Å². The van der Waals surface area contributed by atoms with Crippen LogP contribution in [0.25, 0.3) is 75.9 Å². The minimum atomic E-state index is -0.471. The van der Waals surface area contributed by atoms with Crippen LogP contribution < -0.4 is 9.80 Å². The van der Waals surface area contributed by atoms with Gasteiger partial charge in [-0.3, -0.25) is 0 Å². The highest BCUT2D eigenvalue weighted by Gasteiger charge is 2.28. The molecule has 0 aliphatic rings. The second-order valence-corrected chi connectivity index (χ2v) is 14.4. The van der Waals surface area contributed by atoms with Crippen LogP contribution in [0.2, 0.25) is 0 Å². The predicted molar refractivity (Wildman–Crippen MR) is 232 cm³/mol. The molecule has 10 nitrogen and oxygen atoms in total. The number of rotatable bonds is 6. The van der Waals surface area contributed by atoms with Crippen LogP contribution in [0, 0.1) is 11.6 Å². The Morgan fingerprint density at radius 3 is 1.25 bits per heavy atom. The molecule has 0 unspecified atom stereocenters. The van der Waals surface area contributed by atoms with Gasteiger partial charge >= 0.3 is 0 Å². The first-order valence-electron chi connectivity index (χ1n) is 19.1. The van der Waals surface area contributed by atoms with Gasteiger partial charge in [-0.05, 0) is 42.5 Å². The molecule has 8 aromatic carbocycles. The Balaban J connectivity index is 1.20. The van der Waals surface area contributed by atoms with E-state index in [2.05, 4.69) is 24.9 Å². The summed E-state index contributed by atoms with van der Waals surface area (Å²) in [5.41, 5.74) is 6.51. The zero-order valence-corrected chi connectivity index (χ0v) is 31.2. The van der Waals surface area contributed by atoms with Gasteiger partial charge in [-0.1, -0.05) is 66.7 Å². The number of halogens is 2. The fraction of sp³-hybridized carbons (Fsp3) is 0. The topological polar surface area (TPSA) is 110 Å². The molecule has 12 aromatic rings. The van der Waals surface area contributed by atoms with Gasteiger partial charge in [0.05, 0.1) is 56.2 Å². The number of anilines is 6. The smallest absolute Gasteiger partial charge is 0.133 e. The highest BCUT2D eigenvalue weighted by atomic mass is 19.1. The minimum Gasteiger partial charge on any atom is -0.307 e. The molecule has 0 fully saturated rings. The SMILES string of the molecule is Fc1cc(N(c2cccc3ncncc23)c2cccc3cncnc23)c2ccc3c(F)cc(N(c4cccc5cncnc45)c4cccc5cncnc45)c4ccc1c2c34. The largest absolute Gasteiger partial charge is 0.307 e.